The van der Waals surface area contributed by atoms with E-state index in [1.807, 2.05) is 6.07 Å². The number of carbonyl (C=O) groups excluding carboxylic acids is 2. The molecule has 0 saturated carbocycles. The fourth-order valence-electron chi connectivity index (χ4n) is 3.34. The summed E-state index contributed by atoms with van der Waals surface area (Å²) >= 11 is 1.46. The number of nitrogens with zero attached hydrogens (tertiary/aromatic N) is 1. The molecule has 2 amide bonds. The van der Waals surface area contributed by atoms with Gasteiger partial charge in [0, 0.05) is 36.7 Å². The van der Waals surface area contributed by atoms with E-state index in [1.165, 1.54) is 23.8 Å². The molecule has 6 nitrogen and oxygen atoms in total. The maximum atomic E-state index is 12.7. The Labute approximate surface area is 170 Å². The second kappa shape index (κ2) is 9.30. The van der Waals surface area contributed by atoms with Crippen LogP contribution < -0.4 is 16.0 Å². The van der Waals surface area contributed by atoms with Crippen molar-refractivity contribution in [2.75, 3.05) is 23.7 Å². The Kier molecular flexibility index (Phi) is 6.80. The number of anilines is 2. The van der Waals surface area contributed by atoms with Gasteiger partial charge in [-0.2, -0.15) is 0 Å². The van der Waals surface area contributed by atoms with E-state index in [9.17, 15) is 9.59 Å². The fraction of sp³-hybridized carbons (Fsp3) is 0.476. The summed E-state index contributed by atoms with van der Waals surface area (Å²) in [5, 5.41) is 9.76. The molecule has 0 bridgehead atoms. The molecule has 1 unspecified atom stereocenters. The van der Waals surface area contributed by atoms with Crippen LogP contribution in [0.3, 0.4) is 0 Å². The molecule has 3 N–H and O–H groups in total. The lowest BCUT2D eigenvalue weighted by molar-refractivity contribution is -0.120. The molecule has 150 valence electrons. The molecule has 1 aromatic heterocycles. The Morgan fingerprint density at radius 1 is 1.32 bits per heavy atom. The van der Waals surface area contributed by atoms with E-state index in [1.54, 1.807) is 6.20 Å². The number of rotatable bonds is 6. The Balaban J connectivity index is 1.80. The van der Waals surface area contributed by atoms with Crippen LogP contribution in [0.2, 0.25) is 0 Å². The molecular formula is C21H28N4O2S. The number of thiazole rings is 1. The van der Waals surface area contributed by atoms with Crippen molar-refractivity contribution in [3.8, 4) is 0 Å². The van der Waals surface area contributed by atoms with E-state index >= 15 is 0 Å². The predicted octanol–water partition coefficient (Wildman–Crippen LogP) is 3.75. The Morgan fingerprint density at radius 3 is 2.82 bits per heavy atom. The quantitative estimate of drug-likeness (QED) is 0.690. The summed E-state index contributed by atoms with van der Waals surface area (Å²) in [5.74, 6) is 0.370. The van der Waals surface area contributed by atoms with E-state index in [-0.39, 0.29) is 17.7 Å². The molecule has 7 heteroatoms. The fourth-order valence-corrected chi connectivity index (χ4v) is 4.22. The van der Waals surface area contributed by atoms with Crippen LogP contribution in [0.5, 0.6) is 0 Å². The second-order valence-electron chi connectivity index (χ2n) is 7.59. The maximum absolute atomic E-state index is 12.7. The minimum Gasteiger partial charge on any atom is -0.326 e. The number of amides is 2. The van der Waals surface area contributed by atoms with Crippen LogP contribution >= 0.6 is 11.3 Å². The first kappa shape index (κ1) is 20.5. The Morgan fingerprint density at radius 2 is 2.14 bits per heavy atom. The average molecular weight is 401 g/mol. The Bertz CT molecular complexity index is 841. The summed E-state index contributed by atoms with van der Waals surface area (Å²) in [6, 6.07) is 6.25. The number of nitrogens with one attached hydrogen (secondary N) is 3. The molecule has 2 heterocycles. The third-order valence-corrected chi connectivity index (χ3v) is 5.84. The molecule has 1 saturated heterocycles. The molecule has 0 aliphatic carbocycles. The van der Waals surface area contributed by atoms with Crippen molar-refractivity contribution in [2.45, 2.75) is 46.0 Å². The highest BCUT2D eigenvalue weighted by atomic mass is 32.1. The lowest BCUT2D eigenvalue weighted by atomic mass is 9.96. The minimum absolute atomic E-state index is 0.0150. The van der Waals surface area contributed by atoms with Gasteiger partial charge in [-0.25, -0.2) is 4.98 Å². The van der Waals surface area contributed by atoms with Gasteiger partial charge in [-0.1, -0.05) is 26.0 Å². The summed E-state index contributed by atoms with van der Waals surface area (Å²) in [6.07, 6.45) is 4.40. The van der Waals surface area contributed by atoms with Crippen LogP contribution in [-0.2, 0) is 16.0 Å². The molecule has 1 fully saturated rings. The van der Waals surface area contributed by atoms with E-state index in [4.69, 9.17) is 0 Å². The molecule has 0 spiro atoms. The summed E-state index contributed by atoms with van der Waals surface area (Å²) in [5.41, 5.74) is 3.16. The number of piperidine rings is 1. The topological polar surface area (TPSA) is 83.1 Å². The average Bonchev–Trinajstić information content (AvgIpc) is 3.09. The van der Waals surface area contributed by atoms with Gasteiger partial charge in [0.2, 0.25) is 11.8 Å². The number of hydrogen-bond donors (Lipinski definition) is 3. The number of benzene rings is 1. The van der Waals surface area contributed by atoms with Crippen molar-refractivity contribution < 1.29 is 9.59 Å². The molecule has 1 aliphatic rings. The van der Waals surface area contributed by atoms with Crippen molar-refractivity contribution >= 4 is 34.0 Å². The van der Waals surface area contributed by atoms with Gasteiger partial charge < -0.3 is 16.0 Å². The first-order valence-electron chi connectivity index (χ1n) is 9.79. The van der Waals surface area contributed by atoms with E-state index in [0.717, 1.165) is 42.1 Å². The van der Waals surface area contributed by atoms with Gasteiger partial charge in [0.05, 0.1) is 5.92 Å². The summed E-state index contributed by atoms with van der Waals surface area (Å²) in [6.45, 7) is 7.51. The van der Waals surface area contributed by atoms with E-state index < -0.39 is 0 Å². The smallest absolute Gasteiger partial charge is 0.228 e. The van der Waals surface area contributed by atoms with E-state index in [2.05, 4.69) is 46.9 Å². The highest BCUT2D eigenvalue weighted by Gasteiger charge is 2.22. The SMILES string of the molecule is CC(=O)Nc1ncc(Cc2cc(C(C)C)ccc2NC(=O)C2CCCNC2)s1. The van der Waals surface area contributed by atoms with Crippen molar-refractivity contribution in [3.05, 3.63) is 40.4 Å². The largest absolute Gasteiger partial charge is 0.326 e. The summed E-state index contributed by atoms with van der Waals surface area (Å²) in [4.78, 5) is 29.2. The molecule has 1 atom stereocenters. The van der Waals surface area contributed by atoms with Crippen LogP contribution in [0.1, 0.15) is 55.5 Å². The molecule has 3 rings (SSSR count). The van der Waals surface area contributed by atoms with Crippen LogP contribution in [0, 0.1) is 5.92 Å². The lowest BCUT2D eigenvalue weighted by Gasteiger charge is -2.23. The van der Waals surface area contributed by atoms with Crippen LogP contribution in [0.4, 0.5) is 10.8 Å². The molecule has 2 aromatic rings. The van der Waals surface area contributed by atoms with Crippen molar-refractivity contribution in [2.24, 2.45) is 5.92 Å². The number of aromatic nitrogens is 1. The third-order valence-electron chi connectivity index (χ3n) is 4.92. The zero-order valence-corrected chi connectivity index (χ0v) is 17.5. The second-order valence-corrected chi connectivity index (χ2v) is 8.71. The van der Waals surface area contributed by atoms with Gasteiger partial charge >= 0.3 is 0 Å². The van der Waals surface area contributed by atoms with Crippen molar-refractivity contribution in [3.63, 3.8) is 0 Å². The maximum Gasteiger partial charge on any atom is 0.228 e. The van der Waals surface area contributed by atoms with Gasteiger partial charge in [-0.3, -0.25) is 9.59 Å². The first-order valence-corrected chi connectivity index (χ1v) is 10.6. The van der Waals surface area contributed by atoms with Gasteiger partial charge in [0.25, 0.3) is 0 Å². The lowest BCUT2D eigenvalue weighted by Crippen LogP contribution is -2.37. The van der Waals surface area contributed by atoms with Crippen LogP contribution in [0.15, 0.2) is 24.4 Å². The minimum atomic E-state index is -0.128. The first-order chi connectivity index (χ1) is 13.4. The molecule has 1 aliphatic heterocycles. The molecule has 1 aromatic carbocycles. The normalized spacial score (nSPS) is 16.8. The zero-order valence-electron chi connectivity index (χ0n) is 16.7. The highest BCUT2D eigenvalue weighted by molar-refractivity contribution is 7.15. The zero-order chi connectivity index (χ0) is 20.1. The summed E-state index contributed by atoms with van der Waals surface area (Å²) < 4.78 is 0. The van der Waals surface area contributed by atoms with Crippen molar-refractivity contribution in [1.29, 1.82) is 0 Å². The standard InChI is InChI=1S/C21H28N4O2S/c1-13(2)15-6-7-19(25-20(27)16-5-4-8-22-11-16)17(9-15)10-18-12-23-21(28-18)24-14(3)26/h6-7,9,12-13,16,22H,4-5,8,10-11H2,1-3H3,(H,25,27)(H,23,24,26). The highest BCUT2D eigenvalue weighted by Crippen LogP contribution is 2.28. The summed E-state index contributed by atoms with van der Waals surface area (Å²) in [7, 11) is 0. The molecular weight excluding hydrogens is 372 g/mol. The third kappa shape index (κ3) is 5.39. The van der Waals surface area contributed by atoms with Crippen molar-refractivity contribution in [1.82, 2.24) is 10.3 Å². The monoisotopic (exact) mass is 400 g/mol. The van der Waals surface area contributed by atoms with Crippen LogP contribution in [0.25, 0.3) is 0 Å². The number of carbonyl (C=O) groups is 2. The molecule has 0 radical (unpaired) electrons. The van der Waals surface area contributed by atoms with Gasteiger partial charge in [-0.05, 0) is 42.5 Å². The molecule has 28 heavy (non-hydrogen) atoms. The van der Waals surface area contributed by atoms with Gasteiger partial charge in [0.1, 0.15) is 0 Å². The van der Waals surface area contributed by atoms with Gasteiger partial charge in [-0.15, -0.1) is 11.3 Å². The Hall–Kier alpha value is -2.25. The van der Waals surface area contributed by atoms with Crippen LogP contribution in [-0.4, -0.2) is 29.9 Å². The van der Waals surface area contributed by atoms with Gasteiger partial charge in [0.15, 0.2) is 5.13 Å². The predicted molar refractivity (Wildman–Crippen MR) is 114 cm³/mol. The number of hydrogen-bond acceptors (Lipinski definition) is 5. The van der Waals surface area contributed by atoms with E-state index in [0.29, 0.717) is 17.5 Å².